The van der Waals surface area contributed by atoms with Crippen molar-refractivity contribution in [3.63, 3.8) is 0 Å². The van der Waals surface area contributed by atoms with Gasteiger partial charge in [0.15, 0.2) is 5.72 Å². The summed E-state index contributed by atoms with van der Waals surface area (Å²) in [6.45, 7) is 5.52. The molecule has 1 fully saturated rings. The molecule has 0 radical (unpaired) electrons. The van der Waals surface area contributed by atoms with Crippen molar-refractivity contribution in [1.29, 1.82) is 0 Å². The second-order valence-electron chi connectivity index (χ2n) is 4.86. The average Bonchev–Trinajstić information content (AvgIpc) is 2.76. The Morgan fingerprint density at radius 2 is 2.12 bits per heavy atom. The van der Waals surface area contributed by atoms with Crippen molar-refractivity contribution in [3.05, 3.63) is 23.8 Å². The number of carbonyl (C=O) groups is 1. The van der Waals surface area contributed by atoms with Gasteiger partial charge in [-0.2, -0.15) is 0 Å². The summed E-state index contributed by atoms with van der Waals surface area (Å²) in [6.07, 6.45) is 0. The predicted molar refractivity (Wildman–Crippen MR) is 63.0 cm³/mol. The van der Waals surface area contributed by atoms with Gasteiger partial charge in [-0.3, -0.25) is 9.69 Å². The number of ether oxygens (including phenoxy) is 2. The number of methoxy groups -OCH3 is 1. The molecule has 4 nitrogen and oxygen atoms in total. The maximum absolute atomic E-state index is 11.8. The number of hydrogen-bond acceptors (Lipinski definition) is 3. The van der Waals surface area contributed by atoms with E-state index in [0.717, 1.165) is 17.0 Å². The molecule has 2 atom stereocenters. The number of nitrogens with zero attached hydrogens (tertiary/aromatic N) is 1. The van der Waals surface area contributed by atoms with E-state index in [1.807, 2.05) is 32.0 Å². The largest absolute Gasteiger partial charge is 0.497 e. The van der Waals surface area contributed by atoms with Crippen LogP contribution in [0, 0.1) is 0 Å². The molecule has 3 rings (SSSR count). The molecule has 0 aromatic heterocycles. The van der Waals surface area contributed by atoms with Gasteiger partial charge in [0.25, 0.3) is 0 Å². The first kappa shape index (κ1) is 10.6. The van der Waals surface area contributed by atoms with Crippen LogP contribution in [0.1, 0.15) is 26.3 Å². The molecule has 1 aromatic rings. The lowest BCUT2D eigenvalue weighted by Gasteiger charge is -2.22. The minimum absolute atomic E-state index is 0.000131. The Morgan fingerprint density at radius 1 is 1.41 bits per heavy atom. The summed E-state index contributed by atoms with van der Waals surface area (Å²) in [7, 11) is 1.63. The van der Waals surface area contributed by atoms with Crippen LogP contribution >= 0.6 is 0 Å². The van der Waals surface area contributed by atoms with Crippen LogP contribution in [-0.2, 0) is 15.1 Å². The van der Waals surface area contributed by atoms with Crippen molar-refractivity contribution in [2.75, 3.05) is 12.0 Å². The smallest absolute Gasteiger partial charge is 0.226 e. The lowest BCUT2D eigenvalue weighted by atomic mass is 9.98. The quantitative estimate of drug-likeness (QED) is 0.697. The van der Waals surface area contributed by atoms with E-state index in [4.69, 9.17) is 9.47 Å². The van der Waals surface area contributed by atoms with Gasteiger partial charge in [-0.15, -0.1) is 0 Å². The van der Waals surface area contributed by atoms with E-state index in [9.17, 15) is 4.79 Å². The van der Waals surface area contributed by atoms with Gasteiger partial charge in [-0.1, -0.05) is 0 Å². The number of epoxide rings is 1. The third kappa shape index (κ3) is 1.04. The number of rotatable bonds is 1. The number of fused-ring (bicyclic) bond motifs is 3. The molecule has 2 aliphatic heterocycles. The summed E-state index contributed by atoms with van der Waals surface area (Å²) in [6, 6.07) is 5.73. The highest BCUT2D eigenvalue weighted by molar-refractivity contribution is 5.97. The van der Waals surface area contributed by atoms with Crippen LogP contribution < -0.4 is 9.64 Å². The highest BCUT2D eigenvalue weighted by Gasteiger charge is 2.74. The molecule has 90 valence electrons. The molecule has 2 unspecified atom stereocenters. The molecule has 17 heavy (non-hydrogen) atoms. The van der Waals surface area contributed by atoms with Gasteiger partial charge in [0, 0.05) is 12.5 Å². The predicted octanol–water partition coefficient (Wildman–Crippen LogP) is 2.02. The number of anilines is 1. The van der Waals surface area contributed by atoms with E-state index < -0.39 is 11.3 Å². The molecule has 0 spiro atoms. The zero-order valence-electron chi connectivity index (χ0n) is 10.4. The van der Waals surface area contributed by atoms with Crippen LogP contribution in [0.3, 0.4) is 0 Å². The van der Waals surface area contributed by atoms with Crippen molar-refractivity contribution < 1.29 is 14.3 Å². The topological polar surface area (TPSA) is 42.1 Å². The molecule has 0 bridgehead atoms. The zero-order valence-corrected chi connectivity index (χ0v) is 10.4. The minimum atomic E-state index is -0.534. The molecule has 4 heteroatoms. The van der Waals surface area contributed by atoms with Crippen LogP contribution in [0.25, 0.3) is 0 Å². The van der Waals surface area contributed by atoms with Crippen molar-refractivity contribution in [1.82, 2.24) is 0 Å². The second kappa shape index (κ2) is 2.82. The molecule has 1 saturated heterocycles. The fourth-order valence-corrected chi connectivity index (χ4v) is 2.85. The molecule has 1 amide bonds. The standard InChI is InChI=1S/C13H15NO3/c1-8(15)14-11-6-5-9(16-4)7-10(11)12(2)13(14,3)17-12/h5-7H,1-4H3. The van der Waals surface area contributed by atoms with Crippen molar-refractivity contribution in [2.45, 2.75) is 32.1 Å². The Morgan fingerprint density at radius 3 is 2.71 bits per heavy atom. The van der Waals surface area contributed by atoms with Crippen molar-refractivity contribution >= 4 is 11.6 Å². The third-order valence-electron chi connectivity index (χ3n) is 3.95. The average molecular weight is 233 g/mol. The van der Waals surface area contributed by atoms with Gasteiger partial charge in [-0.25, -0.2) is 0 Å². The lowest BCUT2D eigenvalue weighted by molar-refractivity contribution is -0.117. The molecular weight excluding hydrogens is 218 g/mol. The Labute approximate surface area is 100 Å². The molecule has 0 saturated carbocycles. The number of benzene rings is 1. The van der Waals surface area contributed by atoms with Crippen LogP contribution in [0.15, 0.2) is 18.2 Å². The number of hydrogen-bond donors (Lipinski definition) is 0. The first-order valence-electron chi connectivity index (χ1n) is 5.63. The van der Waals surface area contributed by atoms with Crippen LogP contribution in [0.5, 0.6) is 5.75 Å². The highest BCUT2D eigenvalue weighted by atomic mass is 16.7. The van der Waals surface area contributed by atoms with Crippen LogP contribution in [-0.4, -0.2) is 18.7 Å². The normalized spacial score (nSPS) is 33.1. The fraction of sp³-hybridized carbons (Fsp3) is 0.462. The highest BCUT2D eigenvalue weighted by Crippen LogP contribution is 2.66. The Hall–Kier alpha value is -1.55. The third-order valence-corrected chi connectivity index (χ3v) is 3.95. The summed E-state index contributed by atoms with van der Waals surface area (Å²) < 4.78 is 11.0. The molecule has 0 aliphatic carbocycles. The summed E-state index contributed by atoms with van der Waals surface area (Å²) in [4.78, 5) is 13.5. The van der Waals surface area contributed by atoms with Gasteiger partial charge in [0.2, 0.25) is 5.91 Å². The molecule has 1 aromatic carbocycles. The van der Waals surface area contributed by atoms with Gasteiger partial charge in [0.1, 0.15) is 11.4 Å². The van der Waals surface area contributed by atoms with Crippen molar-refractivity contribution in [3.8, 4) is 5.75 Å². The molecule has 2 aliphatic rings. The van der Waals surface area contributed by atoms with E-state index in [0.29, 0.717) is 0 Å². The van der Waals surface area contributed by atoms with Gasteiger partial charge < -0.3 is 9.47 Å². The summed E-state index contributed by atoms with van der Waals surface area (Å²) in [5.74, 6) is 0.786. The van der Waals surface area contributed by atoms with Gasteiger partial charge in [-0.05, 0) is 32.0 Å². The molecule has 2 heterocycles. The van der Waals surface area contributed by atoms with E-state index in [1.54, 1.807) is 18.9 Å². The van der Waals surface area contributed by atoms with Gasteiger partial charge >= 0.3 is 0 Å². The Kier molecular flexibility index (Phi) is 1.76. The molecule has 0 N–H and O–H groups in total. The number of amides is 1. The fourth-order valence-electron chi connectivity index (χ4n) is 2.85. The Bertz CT molecular complexity index is 527. The van der Waals surface area contributed by atoms with E-state index in [2.05, 4.69) is 0 Å². The zero-order chi connectivity index (χ0) is 12.4. The SMILES string of the molecule is COc1ccc2c(c1)C1(C)OC1(C)N2C(C)=O. The maximum Gasteiger partial charge on any atom is 0.226 e. The second-order valence-corrected chi connectivity index (χ2v) is 4.86. The van der Waals surface area contributed by atoms with E-state index in [-0.39, 0.29) is 5.91 Å². The summed E-state index contributed by atoms with van der Waals surface area (Å²) >= 11 is 0. The van der Waals surface area contributed by atoms with E-state index in [1.165, 1.54) is 0 Å². The monoisotopic (exact) mass is 233 g/mol. The Balaban J connectivity index is 2.20. The first-order valence-corrected chi connectivity index (χ1v) is 5.63. The lowest BCUT2D eigenvalue weighted by Crippen LogP contribution is -2.39. The summed E-state index contributed by atoms with van der Waals surface area (Å²) in [5, 5.41) is 0. The van der Waals surface area contributed by atoms with Crippen LogP contribution in [0.4, 0.5) is 5.69 Å². The van der Waals surface area contributed by atoms with E-state index >= 15 is 0 Å². The minimum Gasteiger partial charge on any atom is -0.497 e. The molecular formula is C13H15NO3. The van der Waals surface area contributed by atoms with Gasteiger partial charge in [0.05, 0.1) is 12.8 Å². The van der Waals surface area contributed by atoms with Crippen molar-refractivity contribution in [2.24, 2.45) is 0 Å². The van der Waals surface area contributed by atoms with Crippen LogP contribution in [0.2, 0.25) is 0 Å². The first-order chi connectivity index (χ1) is 7.94. The number of carbonyl (C=O) groups excluding carboxylic acids is 1. The maximum atomic E-state index is 11.8. The summed E-state index contributed by atoms with van der Waals surface area (Å²) in [5.41, 5.74) is 1.01.